The zero-order valence-corrected chi connectivity index (χ0v) is 13.4. The van der Waals surface area contributed by atoms with Crippen LogP contribution in [-0.4, -0.2) is 21.4 Å². The number of hydrogen-bond donors (Lipinski definition) is 0. The van der Waals surface area contributed by atoms with Crippen LogP contribution in [-0.2, 0) is 13.6 Å². The van der Waals surface area contributed by atoms with Gasteiger partial charge in [0.1, 0.15) is 11.1 Å². The van der Waals surface area contributed by atoms with E-state index in [1.807, 2.05) is 42.1 Å². The highest BCUT2D eigenvalue weighted by Gasteiger charge is 2.34. The van der Waals surface area contributed by atoms with Gasteiger partial charge in [0.05, 0.1) is 6.54 Å². The molecule has 4 rings (SSSR count). The molecule has 3 aromatic rings. The topological polar surface area (TPSA) is 55.5 Å². The van der Waals surface area contributed by atoms with Crippen molar-refractivity contribution in [2.75, 3.05) is 0 Å². The first-order chi connectivity index (χ1) is 11.6. The molecule has 0 saturated heterocycles. The van der Waals surface area contributed by atoms with E-state index in [0.29, 0.717) is 12.1 Å². The van der Waals surface area contributed by atoms with Crippen molar-refractivity contribution in [3.05, 3.63) is 70.3 Å². The number of aryl methyl sites for hydroxylation is 1. The Morgan fingerprint density at radius 1 is 1.25 bits per heavy atom. The second kappa shape index (κ2) is 5.67. The van der Waals surface area contributed by atoms with Crippen LogP contribution >= 0.6 is 0 Å². The molecule has 0 radical (unpaired) electrons. The molecular formula is C19H18N2O3. The monoisotopic (exact) mass is 322 g/mol. The van der Waals surface area contributed by atoms with Crippen LogP contribution in [0.25, 0.3) is 11.0 Å². The van der Waals surface area contributed by atoms with Crippen LogP contribution in [0.3, 0.4) is 0 Å². The van der Waals surface area contributed by atoms with E-state index in [1.54, 1.807) is 23.1 Å². The highest BCUT2D eigenvalue weighted by molar-refractivity contribution is 5.97. The molecule has 2 heterocycles. The Kier molecular flexibility index (Phi) is 3.49. The third-order valence-electron chi connectivity index (χ3n) is 4.50. The molecule has 122 valence electrons. The van der Waals surface area contributed by atoms with Gasteiger partial charge in [-0.2, -0.15) is 0 Å². The fourth-order valence-corrected chi connectivity index (χ4v) is 2.95. The zero-order chi connectivity index (χ0) is 16.7. The Labute approximate surface area is 139 Å². The van der Waals surface area contributed by atoms with Crippen molar-refractivity contribution in [2.45, 2.75) is 25.4 Å². The Hall–Kier alpha value is -2.82. The highest BCUT2D eigenvalue weighted by Crippen LogP contribution is 2.29. The first-order valence-electron chi connectivity index (χ1n) is 8.07. The molecule has 1 aromatic carbocycles. The van der Waals surface area contributed by atoms with Crippen molar-refractivity contribution >= 4 is 16.9 Å². The molecule has 2 aromatic heterocycles. The lowest BCUT2D eigenvalue weighted by atomic mass is 10.1. The molecule has 0 spiro atoms. The molecule has 0 N–H and O–H groups in total. The lowest BCUT2D eigenvalue weighted by Crippen LogP contribution is -2.35. The second-order valence-corrected chi connectivity index (χ2v) is 6.26. The summed E-state index contributed by atoms with van der Waals surface area (Å²) in [6.45, 7) is 0.499. The molecule has 0 aliphatic heterocycles. The zero-order valence-electron chi connectivity index (χ0n) is 13.4. The SMILES string of the molecule is Cn1cccc1CN(C(=O)c1cc2ccccc2oc1=O)C1CC1. The largest absolute Gasteiger partial charge is 0.422 e. The van der Waals surface area contributed by atoms with Gasteiger partial charge in [0.2, 0.25) is 0 Å². The number of aromatic nitrogens is 1. The third kappa shape index (κ3) is 2.62. The van der Waals surface area contributed by atoms with Gasteiger partial charge in [-0.05, 0) is 37.1 Å². The number of hydrogen-bond acceptors (Lipinski definition) is 3. The van der Waals surface area contributed by atoms with E-state index in [1.165, 1.54) is 0 Å². The molecule has 0 unspecified atom stereocenters. The lowest BCUT2D eigenvalue weighted by molar-refractivity contribution is 0.0722. The van der Waals surface area contributed by atoms with Gasteiger partial charge in [0, 0.05) is 30.4 Å². The van der Waals surface area contributed by atoms with Crippen molar-refractivity contribution in [2.24, 2.45) is 7.05 Å². The van der Waals surface area contributed by atoms with Crippen LogP contribution in [0, 0.1) is 0 Å². The number of carbonyl (C=O) groups is 1. The van der Waals surface area contributed by atoms with Gasteiger partial charge in [0.25, 0.3) is 5.91 Å². The van der Waals surface area contributed by atoms with Crippen LogP contribution in [0.4, 0.5) is 0 Å². The quantitative estimate of drug-likeness (QED) is 0.694. The third-order valence-corrected chi connectivity index (χ3v) is 4.50. The van der Waals surface area contributed by atoms with Gasteiger partial charge < -0.3 is 13.9 Å². The summed E-state index contributed by atoms with van der Waals surface area (Å²) in [4.78, 5) is 27.0. The minimum atomic E-state index is -0.573. The number of rotatable bonds is 4. The summed E-state index contributed by atoms with van der Waals surface area (Å²) in [6.07, 6.45) is 3.92. The predicted octanol–water partition coefficient (Wildman–Crippen LogP) is 2.94. The summed E-state index contributed by atoms with van der Waals surface area (Å²) in [7, 11) is 1.95. The van der Waals surface area contributed by atoms with Crippen LogP contribution in [0.1, 0.15) is 28.9 Å². The van der Waals surface area contributed by atoms with Crippen molar-refractivity contribution in [1.29, 1.82) is 0 Å². The molecule has 5 heteroatoms. The van der Waals surface area contributed by atoms with E-state index in [2.05, 4.69) is 0 Å². The summed E-state index contributed by atoms with van der Waals surface area (Å²) in [5.74, 6) is -0.252. The fourth-order valence-electron chi connectivity index (χ4n) is 2.95. The maximum Gasteiger partial charge on any atom is 0.349 e. The standard InChI is InChI=1S/C19H18N2O3/c1-20-10-4-6-15(20)12-21(14-8-9-14)18(22)16-11-13-5-2-3-7-17(13)24-19(16)23/h2-7,10-11,14H,8-9,12H2,1H3. The van der Waals surface area contributed by atoms with Crippen molar-refractivity contribution in [1.82, 2.24) is 9.47 Å². The predicted molar refractivity (Wildman–Crippen MR) is 90.8 cm³/mol. The smallest absolute Gasteiger partial charge is 0.349 e. The van der Waals surface area contributed by atoms with Gasteiger partial charge in [0.15, 0.2) is 0 Å². The molecule has 1 saturated carbocycles. The Bertz CT molecular complexity index is 966. The Balaban J connectivity index is 1.71. The van der Waals surface area contributed by atoms with E-state index in [-0.39, 0.29) is 17.5 Å². The maximum absolute atomic E-state index is 13.0. The summed E-state index contributed by atoms with van der Waals surface area (Å²) in [6, 6.07) is 13.0. The highest BCUT2D eigenvalue weighted by atomic mass is 16.4. The van der Waals surface area contributed by atoms with Crippen LogP contribution < -0.4 is 5.63 Å². The number of carbonyl (C=O) groups excluding carboxylic acids is 1. The first-order valence-corrected chi connectivity index (χ1v) is 8.07. The molecule has 0 atom stereocenters. The van der Waals surface area contributed by atoms with E-state index in [9.17, 15) is 9.59 Å². The minimum absolute atomic E-state index is 0.106. The Morgan fingerprint density at radius 3 is 2.75 bits per heavy atom. The molecule has 1 aliphatic carbocycles. The van der Waals surface area contributed by atoms with Gasteiger partial charge in [-0.15, -0.1) is 0 Å². The molecule has 1 amide bonds. The molecule has 5 nitrogen and oxygen atoms in total. The lowest BCUT2D eigenvalue weighted by Gasteiger charge is -2.22. The van der Waals surface area contributed by atoms with Crippen LogP contribution in [0.2, 0.25) is 0 Å². The summed E-state index contributed by atoms with van der Waals surface area (Å²) >= 11 is 0. The fraction of sp³-hybridized carbons (Fsp3) is 0.263. The van der Waals surface area contributed by atoms with Crippen LogP contribution in [0.5, 0.6) is 0 Å². The van der Waals surface area contributed by atoms with Crippen molar-refractivity contribution in [3.8, 4) is 0 Å². The molecule has 24 heavy (non-hydrogen) atoms. The van der Waals surface area contributed by atoms with Gasteiger partial charge >= 0.3 is 5.63 Å². The number of nitrogens with zero attached hydrogens (tertiary/aromatic N) is 2. The van der Waals surface area contributed by atoms with Gasteiger partial charge in [-0.1, -0.05) is 18.2 Å². The van der Waals surface area contributed by atoms with Gasteiger partial charge in [-0.25, -0.2) is 4.79 Å². The first kappa shape index (κ1) is 14.8. The maximum atomic E-state index is 13.0. The Morgan fingerprint density at radius 2 is 2.04 bits per heavy atom. The summed E-state index contributed by atoms with van der Waals surface area (Å²) < 4.78 is 7.31. The summed E-state index contributed by atoms with van der Waals surface area (Å²) in [5, 5.41) is 0.759. The average Bonchev–Trinajstić information content (AvgIpc) is 3.34. The van der Waals surface area contributed by atoms with E-state index in [0.717, 1.165) is 23.9 Å². The minimum Gasteiger partial charge on any atom is -0.422 e. The summed E-state index contributed by atoms with van der Waals surface area (Å²) in [5.41, 5.74) is 1.07. The van der Waals surface area contributed by atoms with E-state index in [4.69, 9.17) is 4.42 Å². The molecule has 1 aliphatic rings. The molecule has 1 fully saturated rings. The average molecular weight is 322 g/mol. The number of para-hydroxylation sites is 1. The molecule has 0 bridgehead atoms. The van der Waals surface area contributed by atoms with E-state index < -0.39 is 5.63 Å². The van der Waals surface area contributed by atoms with Gasteiger partial charge in [-0.3, -0.25) is 4.79 Å². The van der Waals surface area contributed by atoms with Crippen molar-refractivity contribution < 1.29 is 9.21 Å². The number of fused-ring (bicyclic) bond motifs is 1. The number of amides is 1. The van der Waals surface area contributed by atoms with Crippen LogP contribution in [0.15, 0.2) is 57.9 Å². The number of benzene rings is 1. The molecular weight excluding hydrogens is 304 g/mol. The van der Waals surface area contributed by atoms with Crippen molar-refractivity contribution in [3.63, 3.8) is 0 Å². The second-order valence-electron chi connectivity index (χ2n) is 6.26. The van der Waals surface area contributed by atoms with E-state index >= 15 is 0 Å². The normalized spacial score (nSPS) is 14.0.